The van der Waals surface area contributed by atoms with E-state index >= 15 is 0 Å². The Kier molecular flexibility index (Phi) is 7.66. The van der Waals surface area contributed by atoms with Gasteiger partial charge in [0.1, 0.15) is 5.75 Å². The van der Waals surface area contributed by atoms with Crippen LogP contribution in [0.4, 0.5) is 0 Å². The zero-order valence-corrected chi connectivity index (χ0v) is 11.9. The van der Waals surface area contributed by atoms with Crippen LogP contribution in [-0.4, -0.2) is 32.7 Å². The van der Waals surface area contributed by atoms with Crippen LogP contribution in [0, 0.1) is 6.92 Å². The summed E-state index contributed by atoms with van der Waals surface area (Å²) in [6, 6.07) is 7.94. The molecule has 1 rings (SSSR count). The molecule has 0 unspecified atom stereocenters. The number of ether oxygens (including phenoxy) is 1. The van der Waals surface area contributed by atoms with Gasteiger partial charge in [-0.2, -0.15) is 0 Å². The summed E-state index contributed by atoms with van der Waals surface area (Å²) < 4.78 is 5.59. The standard InChI is InChI=1S/C15H24N2O2/c1-13-6-3-7-14(12-13)19-11-4-8-15(18)17-10-5-9-16-2/h3,6-7,12,16H,4-5,8-11H2,1-2H3,(H,17,18). The van der Waals surface area contributed by atoms with Gasteiger partial charge in [0.05, 0.1) is 6.61 Å². The fourth-order valence-electron chi connectivity index (χ4n) is 1.71. The SMILES string of the molecule is CNCCCNC(=O)CCCOc1cccc(C)c1. The molecule has 0 bridgehead atoms. The second-order valence-electron chi connectivity index (χ2n) is 4.58. The van der Waals surface area contributed by atoms with Gasteiger partial charge in [-0.1, -0.05) is 12.1 Å². The molecule has 1 aromatic rings. The quantitative estimate of drug-likeness (QED) is 0.670. The van der Waals surface area contributed by atoms with Gasteiger partial charge in [-0.25, -0.2) is 0 Å². The number of aryl methyl sites for hydroxylation is 1. The zero-order chi connectivity index (χ0) is 13.9. The molecule has 0 spiro atoms. The lowest BCUT2D eigenvalue weighted by Gasteiger charge is -2.07. The Morgan fingerprint density at radius 1 is 1.26 bits per heavy atom. The maximum absolute atomic E-state index is 11.5. The van der Waals surface area contributed by atoms with Gasteiger partial charge < -0.3 is 15.4 Å². The van der Waals surface area contributed by atoms with E-state index in [1.54, 1.807) is 0 Å². The van der Waals surface area contributed by atoms with E-state index in [1.165, 1.54) is 5.56 Å². The largest absolute Gasteiger partial charge is 0.494 e. The van der Waals surface area contributed by atoms with E-state index in [0.717, 1.165) is 31.7 Å². The summed E-state index contributed by atoms with van der Waals surface area (Å²) in [7, 11) is 1.91. The number of benzene rings is 1. The monoisotopic (exact) mass is 264 g/mol. The first kappa shape index (κ1) is 15.5. The zero-order valence-electron chi connectivity index (χ0n) is 11.9. The highest BCUT2D eigenvalue weighted by molar-refractivity contribution is 5.75. The molecule has 0 radical (unpaired) electrons. The van der Waals surface area contributed by atoms with Gasteiger partial charge in [0, 0.05) is 13.0 Å². The smallest absolute Gasteiger partial charge is 0.220 e. The minimum Gasteiger partial charge on any atom is -0.494 e. The Bertz CT molecular complexity index is 380. The Morgan fingerprint density at radius 2 is 2.11 bits per heavy atom. The van der Waals surface area contributed by atoms with Crippen molar-refractivity contribution in [3.05, 3.63) is 29.8 Å². The summed E-state index contributed by atoms with van der Waals surface area (Å²) in [5.74, 6) is 0.971. The summed E-state index contributed by atoms with van der Waals surface area (Å²) in [5.41, 5.74) is 1.18. The molecule has 0 aromatic heterocycles. The van der Waals surface area contributed by atoms with E-state index in [9.17, 15) is 4.79 Å². The van der Waals surface area contributed by atoms with Crippen LogP contribution in [0.2, 0.25) is 0 Å². The Balaban J connectivity index is 2.05. The second kappa shape index (κ2) is 9.39. The number of nitrogens with one attached hydrogen (secondary N) is 2. The molecule has 2 N–H and O–H groups in total. The number of carbonyl (C=O) groups excluding carboxylic acids is 1. The summed E-state index contributed by atoms with van der Waals surface area (Å²) in [6.07, 6.45) is 2.22. The average molecular weight is 264 g/mol. The number of carbonyl (C=O) groups is 1. The van der Waals surface area contributed by atoms with Crippen LogP contribution in [-0.2, 0) is 4.79 Å². The molecular weight excluding hydrogens is 240 g/mol. The molecule has 19 heavy (non-hydrogen) atoms. The molecular formula is C15H24N2O2. The van der Waals surface area contributed by atoms with Gasteiger partial charge in [-0.15, -0.1) is 0 Å². The van der Waals surface area contributed by atoms with Crippen LogP contribution in [0.5, 0.6) is 5.75 Å². The molecule has 0 saturated heterocycles. The minimum atomic E-state index is 0.101. The number of rotatable bonds is 9. The number of amides is 1. The van der Waals surface area contributed by atoms with Gasteiger partial charge >= 0.3 is 0 Å². The first-order chi connectivity index (χ1) is 9.22. The molecule has 0 atom stereocenters. The van der Waals surface area contributed by atoms with Crippen molar-refractivity contribution >= 4 is 5.91 Å². The van der Waals surface area contributed by atoms with Crippen LogP contribution in [0.1, 0.15) is 24.8 Å². The van der Waals surface area contributed by atoms with Crippen molar-refractivity contribution in [1.29, 1.82) is 0 Å². The van der Waals surface area contributed by atoms with Crippen LogP contribution >= 0.6 is 0 Å². The van der Waals surface area contributed by atoms with Gasteiger partial charge in [0.15, 0.2) is 0 Å². The predicted octanol–water partition coefficient (Wildman–Crippen LogP) is 1.88. The topological polar surface area (TPSA) is 50.4 Å². The van der Waals surface area contributed by atoms with E-state index < -0.39 is 0 Å². The van der Waals surface area contributed by atoms with Crippen LogP contribution in [0.3, 0.4) is 0 Å². The molecule has 0 fully saturated rings. The summed E-state index contributed by atoms with van der Waals surface area (Å²) in [6.45, 7) is 4.27. The maximum Gasteiger partial charge on any atom is 0.220 e. The number of hydrogen-bond acceptors (Lipinski definition) is 3. The molecule has 4 heteroatoms. The van der Waals surface area contributed by atoms with Crippen molar-refractivity contribution < 1.29 is 9.53 Å². The molecule has 106 valence electrons. The molecule has 0 aliphatic heterocycles. The van der Waals surface area contributed by atoms with Crippen molar-refractivity contribution in [2.45, 2.75) is 26.2 Å². The van der Waals surface area contributed by atoms with Crippen molar-refractivity contribution in [3.63, 3.8) is 0 Å². The van der Waals surface area contributed by atoms with E-state index in [0.29, 0.717) is 13.0 Å². The highest BCUT2D eigenvalue weighted by atomic mass is 16.5. The van der Waals surface area contributed by atoms with Crippen LogP contribution < -0.4 is 15.4 Å². The first-order valence-corrected chi connectivity index (χ1v) is 6.83. The predicted molar refractivity (Wildman–Crippen MR) is 77.5 cm³/mol. The summed E-state index contributed by atoms with van der Waals surface area (Å²) in [4.78, 5) is 11.5. The molecule has 0 saturated carbocycles. The normalized spacial score (nSPS) is 10.2. The average Bonchev–Trinajstić information content (AvgIpc) is 2.40. The first-order valence-electron chi connectivity index (χ1n) is 6.83. The van der Waals surface area contributed by atoms with E-state index in [4.69, 9.17) is 4.74 Å². The second-order valence-corrected chi connectivity index (χ2v) is 4.58. The van der Waals surface area contributed by atoms with Crippen molar-refractivity contribution in [1.82, 2.24) is 10.6 Å². The third kappa shape index (κ3) is 7.47. The fourth-order valence-corrected chi connectivity index (χ4v) is 1.71. The fraction of sp³-hybridized carbons (Fsp3) is 0.533. The van der Waals surface area contributed by atoms with E-state index in [1.807, 2.05) is 38.2 Å². The highest BCUT2D eigenvalue weighted by Gasteiger charge is 2.00. The van der Waals surface area contributed by atoms with Crippen molar-refractivity contribution in [2.24, 2.45) is 0 Å². The molecule has 0 heterocycles. The minimum absolute atomic E-state index is 0.101. The maximum atomic E-state index is 11.5. The lowest BCUT2D eigenvalue weighted by molar-refractivity contribution is -0.121. The molecule has 0 aliphatic carbocycles. The third-order valence-electron chi connectivity index (χ3n) is 2.73. The van der Waals surface area contributed by atoms with E-state index in [2.05, 4.69) is 10.6 Å². The van der Waals surface area contributed by atoms with E-state index in [-0.39, 0.29) is 5.91 Å². The third-order valence-corrected chi connectivity index (χ3v) is 2.73. The molecule has 4 nitrogen and oxygen atoms in total. The van der Waals surface area contributed by atoms with Crippen LogP contribution in [0.25, 0.3) is 0 Å². The van der Waals surface area contributed by atoms with Gasteiger partial charge in [-0.05, 0) is 51.1 Å². The summed E-state index contributed by atoms with van der Waals surface area (Å²) in [5, 5.41) is 5.94. The highest BCUT2D eigenvalue weighted by Crippen LogP contribution is 2.12. The Morgan fingerprint density at radius 3 is 2.84 bits per heavy atom. The molecule has 0 aliphatic rings. The molecule has 1 amide bonds. The van der Waals surface area contributed by atoms with Gasteiger partial charge in [-0.3, -0.25) is 4.79 Å². The van der Waals surface area contributed by atoms with Crippen LogP contribution in [0.15, 0.2) is 24.3 Å². The van der Waals surface area contributed by atoms with Crippen molar-refractivity contribution in [3.8, 4) is 5.75 Å². The van der Waals surface area contributed by atoms with Gasteiger partial charge in [0.2, 0.25) is 5.91 Å². The summed E-state index contributed by atoms with van der Waals surface area (Å²) >= 11 is 0. The lowest BCUT2D eigenvalue weighted by Crippen LogP contribution is -2.26. The Labute approximate surface area is 115 Å². The lowest BCUT2D eigenvalue weighted by atomic mass is 10.2. The number of hydrogen-bond donors (Lipinski definition) is 2. The van der Waals surface area contributed by atoms with Gasteiger partial charge in [0.25, 0.3) is 0 Å². The van der Waals surface area contributed by atoms with Crippen molar-refractivity contribution in [2.75, 3.05) is 26.7 Å². The molecule has 1 aromatic carbocycles. The Hall–Kier alpha value is -1.55.